The lowest BCUT2D eigenvalue weighted by molar-refractivity contribution is -0.0176. The predicted molar refractivity (Wildman–Crippen MR) is 85.6 cm³/mol. The topological polar surface area (TPSA) is 49.1 Å². The number of ether oxygens (including phenoxy) is 1. The molecule has 0 radical (unpaired) electrons. The van der Waals surface area contributed by atoms with Crippen molar-refractivity contribution < 1.29 is 4.74 Å². The smallest absolute Gasteiger partial charge is 0.145 e. The summed E-state index contributed by atoms with van der Waals surface area (Å²) in [6, 6.07) is 16.3. The largest absolute Gasteiger partial charge is 0.367 e. The molecule has 4 nitrogen and oxygen atoms in total. The summed E-state index contributed by atoms with van der Waals surface area (Å²) in [6.45, 7) is 5.51. The van der Waals surface area contributed by atoms with E-state index in [0.717, 1.165) is 24.5 Å². The Bertz CT molecular complexity index is 693. The van der Waals surface area contributed by atoms with Crippen LogP contribution in [0, 0.1) is 18.3 Å². The van der Waals surface area contributed by atoms with Gasteiger partial charge in [0.15, 0.2) is 0 Å². The highest BCUT2D eigenvalue weighted by atomic mass is 16.5. The zero-order chi connectivity index (χ0) is 15.5. The molecule has 22 heavy (non-hydrogen) atoms. The van der Waals surface area contributed by atoms with Crippen LogP contribution in [0.1, 0.15) is 29.8 Å². The molecule has 1 aliphatic rings. The third-order valence-electron chi connectivity index (χ3n) is 3.94. The first-order valence-corrected chi connectivity index (χ1v) is 7.50. The third kappa shape index (κ3) is 2.95. The van der Waals surface area contributed by atoms with E-state index in [1.807, 2.05) is 37.3 Å². The van der Waals surface area contributed by atoms with Crippen LogP contribution in [0.15, 0.2) is 42.5 Å². The second-order valence-electron chi connectivity index (χ2n) is 5.70. The molecule has 2 unspecified atom stereocenters. The van der Waals surface area contributed by atoms with Gasteiger partial charge in [0.2, 0.25) is 0 Å². The van der Waals surface area contributed by atoms with Crippen LogP contribution < -0.4 is 4.90 Å². The minimum atomic E-state index is 0.0265. The highest BCUT2D eigenvalue weighted by Crippen LogP contribution is 2.28. The standard InChI is InChI=1S/C18H19N3O/c1-13-8-9-18(20-16(13)10-19)21-11-14(2)22-17(12-21)15-6-4-3-5-7-15/h3-9,14,17H,11-12H2,1-2H3. The second-order valence-corrected chi connectivity index (χ2v) is 5.70. The van der Waals surface area contributed by atoms with E-state index < -0.39 is 0 Å². The van der Waals surface area contributed by atoms with E-state index in [9.17, 15) is 0 Å². The third-order valence-corrected chi connectivity index (χ3v) is 3.94. The van der Waals surface area contributed by atoms with E-state index in [4.69, 9.17) is 10.00 Å². The molecular formula is C18H19N3O. The van der Waals surface area contributed by atoms with E-state index in [0.29, 0.717) is 5.69 Å². The SMILES string of the molecule is Cc1ccc(N2CC(C)OC(c3ccccc3)C2)nc1C#N. The number of rotatable bonds is 2. The van der Waals surface area contributed by atoms with Crippen molar-refractivity contribution in [3.8, 4) is 6.07 Å². The van der Waals surface area contributed by atoms with Crippen molar-refractivity contribution in [2.75, 3.05) is 18.0 Å². The fraction of sp³-hybridized carbons (Fsp3) is 0.333. The molecule has 1 saturated heterocycles. The van der Waals surface area contributed by atoms with Crippen molar-refractivity contribution in [2.45, 2.75) is 26.1 Å². The zero-order valence-corrected chi connectivity index (χ0v) is 12.9. The van der Waals surface area contributed by atoms with Crippen LogP contribution >= 0.6 is 0 Å². The minimum absolute atomic E-state index is 0.0265. The molecular weight excluding hydrogens is 274 g/mol. The van der Waals surface area contributed by atoms with Crippen molar-refractivity contribution in [2.24, 2.45) is 0 Å². The number of benzene rings is 1. The van der Waals surface area contributed by atoms with Gasteiger partial charge in [-0.2, -0.15) is 5.26 Å². The molecule has 0 amide bonds. The predicted octanol–water partition coefficient (Wildman–Crippen LogP) is 3.23. The Kier molecular flexibility index (Phi) is 4.08. The summed E-state index contributed by atoms with van der Waals surface area (Å²) in [7, 11) is 0. The van der Waals surface area contributed by atoms with E-state index in [-0.39, 0.29) is 12.2 Å². The molecule has 3 rings (SSSR count). The van der Waals surface area contributed by atoms with Gasteiger partial charge in [-0.3, -0.25) is 0 Å². The van der Waals surface area contributed by atoms with Gasteiger partial charge in [-0.15, -0.1) is 0 Å². The zero-order valence-electron chi connectivity index (χ0n) is 12.9. The fourth-order valence-electron chi connectivity index (χ4n) is 2.80. The van der Waals surface area contributed by atoms with Gasteiger partial charge >= 0.3 is 0 Å². The van der Waals surface area contributed by atoms with Gasteiger partial charge in [-0.05, 0) is 31.0 Å². The van der Waals surface area contributed by atoms with E-state index in [1.165, 1.54) is 5.56 Å². The maximum Gasteiger partial charge on any atom is 0.145 e. The minimum Gasteiger partial charge on any atom is -0.367 e. The van der Waals surface area contributed by atoms with Crippen molar-refractivity contribution in [3.63, 3.8) is 0 Å². The molecule has 1 fully saturated rings. The Labute approximate surface area is 131 Å². The number of hydrogen-bond acceptors (Lipinski definition) is 4. The average molecular weight is 293 g/mol. The van der Waals surface area contributed by atoms with Crippen LogP contribution in [-0.2, 0) is 4.74 Å². The van der Waals surface area contributed by atoms with Crippen LogP contribution in [0.2, 0.25) is 0 Å². The maximum atomic E-state index is 9.17. The summed E-state index contributed by atoms with van der Waals surface area (Å²) < 4.78 is 6.07. The van der Waals surface area contributed by atoms with Gasteiger partial charge < -0.3 is 9.64 Å². The number of pyridine rings is 1. The number of aromatic nitrogens is 1. The summed E-state index contributed by atoms with van der Waals surface area (Å²) in [6.07, 6.45) is 0.145. The maximum absolute atomic E-state index is 9.17. The molecule has 0 spiro atoms. The molecule has 2 heterocycles. The van der Waals surface area contributed by atoms with Gasteiger partial charge in [0.1, 0.15) is 23.7 Å². The summed E-state index contributed by atoms with van der Waals surface area (Å²) in [5.74, 6) is 0.846. The number of morpholine rings is 1. The first kappa shape index (κ1) is 14.6. The van der Waals surface area contributed by atoms with Gasteiger partial charge in [0.25, 0.3) is 0 Å². The molecule has 0 saturated carbocycles. The summed E-state index contributed by atoms with van der Waals surface area (Å²) >= 11 is 0. The van der Waals surface area contributed by atoms with Gasteiger partial charge in [-0.25, -0.2) is 4.98 Å². The molecule has 0 N–H and O–H groups in total. The van der Waals surface area contributed by atoms with E-state index in [1.54, 1.807) is 0 Å². The molecule has 112 valence electrons. The fourth-order valence-corrected chi connectivity index (χ4v) is 2.80. The Morgan fingerprint density at radius 1 is 1.18 bits per heavy atom. The number of anilines is 1. The summed E-state index contributed by atoms with van der Waals surface area (Å²) in [5.41, 5.74) is 2.58. The molecule has 0 aliphatic carbocycles. The molecule has 2 aromatic rings. The van der Waals surface area contributed by atoms with Crippen molar-refractivity contribution in [1.29, 1.82) is 5.26 Å². The van der Waals surface area contributed by atoms with Crippen molar-refractivity contribution in [3.05, 3.63) is 59.3 Å². The van der Waals surface area contributed by atoms with Crippen LogP contribution in [0.5, 0.6) is 0 Å². The van der Waals surface area contributed by atoms with Crippen LogP contribution in [-0.4, -0.2) is 24.2 Å². The molecule has 1 aliphatic heterocycles. The Balaban J connectivity index is 1.87. The first-order chi connectivity index (χ1) is 10.7. The quantitative estimate of drug-likeness (QED) is 0.853. The summed E-state index contributed by atoms with van der Waals surface area (Å²) in [5, 5.41) is 9.17. The molecule has 1 aromatic heterocycles. The lowest BCUT2D eigenvalue weighted by atomic mass is 10.1. The highest BCUT2D eigenvalue weighted by Gasteiger charge is 2.27. The lowest BCUT2D eigenvalue weighted by Gasteiger charge is -2.37. The lowest BCUT2D eigenvalue weighted by Crippen LogP contribution is -2.43. The van der Waals surface area contributed by atoms with E-state index >= 15 is 0 Å². The Morgan fingerprint density at radius 2 is 1.95 bits per heavy atom. The molecule has 4 heteroatoms. The van der Waals surface area contributed by atoms with Gasteiger partial charge in [0.05, 0.1) is 6.10 Å². The van der Waals surface area contributed by atoms with Crippen molar-refractivity contribution >= 4 is 5.82 Å². The van der Waals surface area contributed by atoms with Gasteiger partial charge in [-0.1, -0.05) is 36.4 Å². The monoisotopic (exact) mass is 293 g/mol. The second kappa shape index (κ2) is 6.17. The van der Waals surface area contributed by atoms with E-state index in [2.05, 4.69) is 35.0 Å². The summed E-state index contributed by atoms with van der Waals surface area (Å²) in [4.78, 5) is 6.69. The normalized spacial score (nSPS) is 21.4. The molecule has 1 aromatic carbocycles. The first-order valence-electron chi connectivity index (χ1n) is 7.50. The van der Waals surface area contributed by atoms with Crippen LogP contribution in [0.4, 0.5) is 5.82 Å². The molecule has 0 bridgehead atoms. The number of nitrogens with zero attached hydrogens (tertiary/aromatic N) is 3. The number of aryl methyl sites for hydroxylation is 1. The average Bonchev–Trinajstić information content (AvgIpc) is 2.55. The van der Waals surface area contributed by atoms with Crippen LogP contribution in [0.3, 0.4) is 0 Å². The number of nitriles is 1. The Morgan fingerprint density at radius 3 is 2.68 bits per heavy atom. The van der Waals surface area contributed by atoms with Gasteiger partial charge in [0, 0.05) is 13.1 Å². The Hall–Kier alpha value is -2.38. The molecule has 2 atom stereocenters. The highest BCUT2D eigenvalue weighted by molar-refractivity contribution is 5.45. The number of hydrogen-bond donors (Lipinski definition) is 0. The van der Waals surface area contributed by atoms with Crippen molar-refractivity contribution in [1.82, 2.24) is 4.98 Å². The van der Waals surface area contributed by atoms with Crippen LogP contribution in [0.25, 0.3) is 0 Å².